The van der Waals surface area contributed by atoms with Gasteiger partial charge >= 0.3 is 0 Å². The van der Waals surface area contributed by atoms with Crippen LogP contribution in [0.1, 0.15) is 25.8 Å². The van der Waals surface area contributed by atoms with Gasteiger partial charge in [0.15, 0.2) is 0 Å². The van der Waals surface area contributed by atoms with Crippen molar-refractivity contribution in [3.05, 3.63) is 79.9 Å². The van der Waals surface area contributed by atoms with Crippen LogP contribution in [0.25, 0.3) is 6.08 Å². The van der Waals surface area contributed by atoms with Crippen molar-refractivity contribution >= 4 is 33.8 Å². The molecule has 0 unspecified atom stereocenters. The van der Waals surface area contributed by atoms with Gasteiger partial charge in [0.05, 0.1) is 14.8 Å². The summed E-state index contributed by atoms with van der Waals surface area (Å²) in [5.74, 6) is 12.4. The molecule has 5 heteroatoms. The second kappa shape index (κ2) is 8.57. The smallest absolute Gasteiger partial charge is 0.131 e. The van der Waals surface area contributed by atoms with Crippen molar-refractivity contribution in [2.45, 2.75) is 0 Å². The lowest BCUT2D eigenvalue weighted by Gasteiger charge is -1.91. The van der Waals surface area contributed by atoms with Gasteiger partial charge in [-0.1, -0.05) is 23.7 Å². The average Bonchev–Trinajstić information content (AvgIpc) is 3.32. The topological polar surface area (TPSA) is 73.6 Å². The minimum Gasteiger partial charge on any atom is -0.391 e. The van der Waals surface area contributed by atoms with Gasteiger partial charge < -0.3 is 5.73 Å². The van der Waals surface area contributed by atoms with Crippen molar-refractivity contribution in [3.8, 4) is 35.8 Å². The first-order valence-corrected chi connectivity index (χ1v) is 9.41. The zero-order chi connectivity index (χ0) is 19.1. The maximum Gasteiger partial charge on any atom is 0.131 e. The number of rotatable bonds is 1. The van der Waals surface area contributed by atoms with E-state index >= 15 is 0 Å². The number of nitrogen functional groups attached to an aromatic ring is 1. The van der Waals surface area contributed by atoms with E-state index in [1.54, 1.807) is 6.08 Å². The van der Waals surface area contributed by atoms with E-state index in [1.165, 1.54) is 22.7 Å². The highest BCUT2D eigenvalue weighted by Gasteiger charge is 1.98. The maximum atomic E-state index is 8.79. The fourth-order valence-electron chi connectivity index (χ4n) is 2.05. The number of hydrogen-bond acceptors (Lipinski definition) is 5. The Morgan fingerprint density at radius 2 is 1.30 bits per heavy atom. The molecule has 0 fully saturated rings. The van der Waals surface area contributed by atoms with Crippen LogP contribution in [0.2, 0.25) is 0 Å². The van der Waals surface area contributed by atoms with Gasteiger partial charge in [-0.25, -0.2) is 0 Å². The zero-order valence-corrected chi connectivity index (χ0v) is 15.6. The fourth-order valence-corrected chi connectivity index (χ4v) is 3.49. The molecule has 2 heterocycles. The monoisotopic (exact) mass is 381 g/mol. The number of thiophene rings is 2. The predicted octanol–water partition coefficient (Wildman–Crippen LogP) is 4.62. The summed E-state index contributed by atoms with van der Waals surface area (Å²) in [6.45, 7) is 0. The molecule has 1 aromatic carbocycles. The molecule has 2 N–H and O–H groups in total. The summed E-state index contributed by atoms with van der Waals surface area (Å²) in [6.07, 6.45) is 1.56. The standard InChI is InChI=1S/C22H11N3S2/c23-14-18(15-24)13-21-10-9-19(26-21)7-5-16-1-3-17(4-2-16)6-8-20-11-12-22(25)27-20/h1-4,9-13H,25H2. The molecule has 0 radical (unpaired) electrons. The minimum atomic E-state index is 0.0818. The van der Waals surface area contributed by atoms with Gasteiger partial charge in [0.2, 0.25) is 0 Å². The molecule has 0 saturated heterocycles. The lowest BCUT2D eigenvalue weighted by molar-refractivity contribution is 1.47. The van der Waals surface area contributed by atoms with Gasteiger partial charge in [-0.05, 0) is 54.6 Å². The van der Waals surface area contributed by atoms with Crippen LogP contribution in [0.4, 0.5) is 5.00 Å². The average molecular weight is 381 g/mol. The molecule has 0 aliphatic rings. The Labute approximate surface area is 165 Å². The molecular weight excluding hydrogens is 370 g/mol. The number of hydrogen-bond donors (Lipinski definition) is 1. The molecule has 0 spiro atoms. The van der Waals surface area contributed by atoms with Crippen LogP contribution in [0.15, 0.2) is 54.1 Å². The third-order valence-electron chi connectivity index (χ3n) is 3.33. The highest BCUT2D eigenvalue weighted by molar-refractivity contribution is 7.16. The molecule has 0 saturated carbocycles. The van der Waals surface area contributed by atoms with Crippen molar-refractivity contribution < 1.29 is 0 Å². The Balaban J connectivity index is 1.71. The molecule has 3 nitrogen and oxygen atoms in total. The van der Waals surface area contributed by atoms with E-state index < -0.39 is 0 Å². The quantitative estimate of drug-likeness (QED) is 0.494. The van der Waals surface area contributed by atoms with Gasteiger partial charge in [0, 0.05) is 16.0 Å². The van der Waals surface area contributed by atoms with Gasteiger partial charge in [-0.2, -0.15) is 10.5 Å². The minimum absolute atomic E-state index is 0.0818. The largest absolute Gasteiger partial charge is 0.391 e. The van der Waals surface area contributed by atoms with Crippen LogP contribution in [0.3, 0.4) is 0 Å². The summed E-state index contributed by atoms with van der Waals surface area (Å²) >= 11 is 2.91. The molecule has 0 bridgehead atoms. The third-order valence-corrected chi connectivity index (χ3v) is 5.10. The summed E-state index contributed by atoms with van der Waals surface area (Å²) in [4.78, 5) is 2.64. The summed E-state index contributed by atoms with van der Waals surface area (Å²) in [6, 6.07) is 18.9. The van der Waals surface area contributed by atoms with Crippen molar-refractivity contribution in [1.29, 1.82) is 10.5 Å². The molecule has 0 atom stereocenters. The van der Waals surface area contributed by atoms with E-state index in [9.17, 15) is 0 Å². The lowest BCUT2D eigenvalue weighted by atomic mass is 10.1. The predicted molar refractivity (Wildman–Crippen MR) is 111 cm³/mol. The van der Waals surface area contributed by atoms with Crippen molar-refractivity contribution in [1.82, 2.24) is 0 Å². The first-order chi connectivity index (χ1) is 13.2. The second-order valence-corrected chi connectivity index (χ2v) is 7.49. The molecule has 0 aliphatic carbocycles. The SMILES string of the molecule is N#CC(C#N)=Cc1ccc(C#Cc2ccc(C#Cc3ccc(N)s3)cc2)s1. The molecular formula is C22H11N3S2. The zero-order valence-electron chi connectivity index (χ0n) is 14.0. The summed E-state index contributed by atoms with van der Waals surface area (Å²) < 4.78 is 0. The van der Waals surface area contributed by atoms with Crippen molar-refractivity contribution in [2.24, 2.45) is 0 Å². The van der Waals surface area contributed by atoms with Crippen LogP contribution < -0.4 is 5.73 Å². The maximum absolute atomic E-state index is 8.79. The molecule has 0 amide bonds. The fraction of sp³-hybridized carbons (Fsp3) is 0. The Kier molecular flexibility index (Phi) is 5.73. The van der Waals surface area contributed by atoms with Crippen molar-refractivity contribution in [3.63, 3.8) is 0 Å². The number of nitrogens with two attached hydrogens (primary N) is 1. The Hall–Kier alpha value is -3.74. The summed E-state index contributed by atoms with van der Waals surface area (Å²) in [5, 5.41) is 18.3. The molecule has 126 valence electrons. The number of nitrogens with zero attached hydrogens (tertiary/aromatic N) is 2. The third kappa shape index (κ3) is 5.12. The number of anilines is 1. The van der Waals surface area contributed by atoms with E-state index in [-0.39, 0.29) is 5.57 Å². The van der Waals surface area contributed by atoms with Gasteiger partial charge in [-0.3, -0.25) is 0 Å². The number of nitriles is 2. The van der Waals surface area contributed by atoms with E-state index in [0.717, 1.165) is 30.8 Å². The Morgan fingerprint density at radius 1 is 0.741 bits per heavy atom. The van der Waals surface area contributed by atoms with Gasteiger partial charge in [0.1, 0.15) is 17.7 Å². The van der Waals surface area contributed by atoms with E-state index in [0.29, 0.717) is 0 Å². The first-order valence-electron chi connectivity index (χ1n) is 7.77. The van der Waals surface area contributed by atoms with Crippen molar-refractivity contribution in [2.75, 3.05) is 5.73 Å². The Morgan fingerprint density at radius 3 is 1.81 bits per heavy atom. The van der Waals surface area contributed by atoms with Crippen LogP contribution in [-0.4, -0.2) is 0 Å². The van der Waals surface area contributed by atoms with Crippen LogP contribution in [-0.2, 0) is 0 Å². The molecule has 3 rings (SSSR count). The Bertz CT molecular complexity index is 1190. The first kappa shape index (κ1) is 18.1. The van der Waals surface area contributed by atoms with E-state index in [2.05, 4.69) is 23.7 Å². The number of benzene rings is 1. The van der Waals surface area contributed by atoms with Crippen LogP contribution in [0.5, 0.6) is 0 Å². The molecule has 3 aromatic rings. The normalized spacial score (nSPS) is 8.96. The second-order valence-electron chi connectivity index (χ2n) is 5.26. The van der Waals surface area contributed by atoms with Gasteiger partial charge in [0.25, 0.3) is 0 Å². The highest BCUT2D eigenvalue weighted by Crippen LogP contribution is 2.19. The van der Waals surface area contributed by atoms with Gasteiger partial charge in [-0.15, -0.1) is 22.7 Å². The van der Waals surface area contributed by atoms with Crippen LogP contribution >= 0.6 is 22.7 Å². The number of allylic oxidation sites excluding steroid dienone is 1. The van der Waals surface area contributed by atoms with E-state index in [1.807, 2.05) is 60.7 Å². The summed E-state index contributed by atoms with van der Waals surface area (Å²) in [5.41, 5.74) is 7.58. The highest BCUT2D eigenvalue weighted by atomic mass is 32.1. The summed E-state index contributed by atoms with van der Waals surface area (Å²) in [7, 11) is 0. The van der Waals surface area contributed by atoms with Crippen LogP contribution in [0, 0.1) is 46.3 Å². The molecule has 27 heavy (non-hydrogen) atoms. The molecule has 2 aromatic heterocycles. The lowest BCUT2D eigenvalue weighted by Crippen LogP contribution is -1.77. The molecule has 0 aliphatic heterocycles. The van der Waals surface area contributed by atoms with E-state index in [4.69, 9.17) is 16.3 Å².